The third-order valence-corrected chi connectivity index (χ3v) is 3.88. The van der Waals surface area contributed by atoms with Gasteiger partial charge in [-0.25, -0.2) is 4.79 Å². The monoisotopic (exact) mass is 362 g/mol. The number of benzene rings is 2. The summed E-state index contributed by atoms with van der Waals surface area (Å²) in [5, 5.41) is 0.207. The van der Waals surface area contributed by atoms with E-state index >= 15 is 0 Å². The Morgan fingerprint density at radius 3 is 2.48 bits per heavy atom. The number of hydrogen-bond donors (Lipinski definition) is 1. The van der Waals surface area contributed by atoms with Crippen molar-refractivity contribution in [1.29, 1.82) is 0 Å². The smallest absolute Gasteiger partial charge is 0.342 e. The Balaban J connectivity index is 2.09. The van der Waals surface area contributed by atoms with Gasteiger partial charge in [0.1, 0.15) is 11.3 Å². The number of halogens is 1. The van der Waals surface area contributed by atoms with Gasteiger partial charge in [-0.1, -0.05) is 29.8 Å². The summed E-state index contributed by atoms with van der Waals surface area (Å²) in [6, 6.07) is 11.9. The van der Waals surface area contributed by atoms with Crippen molar-refractivity contribution in [3.63, 3.8) is 0 Å². The van der Waals surface area contributed by atoms with Gasteiger partial charge in [0.15, 0.2) is 6.61 Å². The van der Waals surface area contributed by atoms with Crippen LogP contribution in [0.3, 0.4) is 0 Å². The zero-order valence-electron chi connectivity index (χ0n) is 14.0. The number of nitrogen functional groups attached to an aromatic ring is 1. The fourth-order valence-corrected chi connectivity index (χ4v) is 2.45. The van der Waals surface area contributed by atoms with Gasteiger partial charge in [-0.05, 0) is 25.1 Å². The molecule has 0 unspecified atom stereocenters. The molecule has 1 amide bonds. The largest absolute Gasteiger partial charge is 0.496 e. The number of carbonyl (C=O) groups excluding carboxylic acids is 2. The summed E-state index contributed by atoms with van der Waals surface area (Å²) in [5.41, 5.74) is 6.81. The van der Waals surface area contributed by atoms with Crippen molar-refractivity contribution in [1.82, 2.24) is 0 Å². The lowest BCUT2D eigenvalue weighted by Gasteiger charge is -2.21. The molecule has 0 fully saturated rings. The minimum Gasteiger partial charge on any atom is -0.496 e. The fourth-order valence-electron chi connectivity index (χ4n) is 2.29. The van der Waals surface area contributed by atoms with E-state index < -0.39 is 12.6 Å². The standard InChI is InChI=1S/C18H19ClN2O4/c1-3-21(12-7-5-4-6-8-12)17(22)11-25-18(23)13-9-14(19)15(20)10-16(13)24-2/h4-10H,3,11,20H2,1-2H3. The molecule has 2 aromatic rings. The van der Waals surface area contributed by atoms with Gasteiger partial charge in [0.25, 0.3) is 5.91 Å². The van der Waals surface area contributed by atoms with Crippen LogP contribution in [0.4, 0.5) is 11.4 Å². The van der Waals surface area contributed by atoms with Crippen molar-refractivity contribution in [2.75, 3.05) is 30.9 Å². The van der Waals surface area contributed by atoms with Gasteiger partial charge in [0, 0.05) is 18.3 Å². The summed E-state index contributed by atoms with van der Waals surface area (Å²) < 4.78 is 10.2. The number of ether oxygens (including phenoxy) is 2. The number of para-hydroxylation sites is 1. The average Bonchev–Trinajstić information content (AvgIpc) is 2.63. The molecular formula is C18H19ClN2O4. The molecule has 0 aliphatic heterocycles. The maximum atomic E-state index is 12.4. The maximum absolute atomic E-state index is 12.4. The Morgan fingerprint density at radius 1 is 1.20 bits per heavy atom. The highest BCUT2D eigenvalue weighted by Gasteiger charge is 2.20. The number of esters is 1. The van der Waals surface area contributed by atoms with Crippen LogP contribution in [-0.4, -0.2) is 32.1 Å². The molecule has 0 atom stereocenters. The first-order valence-corrected chi connectivity index (χ1v) is 8.01. The van der Waals surface area contributed by atoms with E-state index in [2.05, 4.69) is 0 Å². The maximum Gasteiger partial charge on any atom is 0.342 e. The summed E-state index contributed by atoms with van der Waals surface area (Å²) in [7, 11) is 1.40. The molecule has 132 valence electrons. The zero-order chi connectivity index (χ0) is 18.4. The molecule has 0 heterocycles. The third-order valence-electron chi connectivity index (χ3n) is 3.55. The van der Waals surface area contributed by atoms with E-state index in [0.29, 0.717) is 6.54 Å². The summed E-state index contributed by atoms with van der Waals surface area (Å²) in [5.74, 6) is -0.812. The normalized spacial score (nSPS) is 10.2. The van der Waals surface area contributed by atoms with Crippen molar-refractivity contribution in [2.45, 2.75) is 6.92 Å². The first kappa shape index (κ1) is 18.6. The van der Waals surface area contributed by atoms with Gasteiger partial charge in [0.05, 0.1) is 17.8 Å². The van der Waals surface area contributed by atoms with Crippen molar-refractivity contribution in [3.05, 3.63) is 53.1 Å². The lowest BCUT2D eigenvalue weighted by molar-refractivity contribution is -0.121. The van der Waals surface area contributed by atoms with Crippen LogP contribution in [0.1, 0.15) is 17.3 Å². The molecule has 0 saturated heterocycles. The van der Waals surface area contributed by atoms with Crippen LogP contribution in [-0.2, 0) is 9.53 Å². The van der Waals surface area contributed by atoms with Crippen molar-refractivity contribution in [3.8, 4) is 5.75 Å². The molecule has 0 aromatic heterocycles. The summed E-state index contributed by atoms with van der Waals surface area (Å²) >= 11 is 5.94. The van der Waals surface area contributed by atoms with E-state index in [1.165, 1.54) is 24.1 Å². The number of nitrogens with zero attached hydrogens (tertiary/aromatic N) is 1. The first-order chi connectivity index (χ1) is 12.0. The highest BCUT2D eigenvalue weighted by molar-refractivity contribution is 6.33. The van der Waals surface area contributed by atoms with Crippen LogP contribution < -0.4 is 15.4 Å². The topological polar surface area (TPSA) is 81.9 Å². The van der Waals surface area contributed by atoms with E-state index in [0.717, 1.165) is 5.69 Å². The van der Waals surface area contributed by atoms with Crippen LogP contribution in [0.2, 0.25) is 5.02 Å². The lowest BCUT2D eigenvalue weighted by Crippen LogP contribution is -2.34. The molecule has 0 saturated carbocycles. The van der Waals surface area contributed by atoms with Crippen molar-refractivity contribution in [2.24, 2.45) is 0 Å². The SMILES string of the molecule is CCN(C(=O)COC(=O)c1cc(Cl)c(N)cc1OC)c1ccccc1. The van der Waals surface area contributed by atoms with Crippen LogP contribution >= 0.6 is 11.6 Å². The Morgan fingerprint density at radius 2 is 1.88 bits per heavy atom. The molecule has 0 aliphatic rings. The number of carbonyl (C=O) groups is 2. The fraction of sp³-hybridized carbons (Fsp3) is 0.222. The molecule has 2 aromatic carbocycles. The Kier molecular flexibility index (Phi) is 6.25. The van der Waals surface area contributed by atoms with Gasteiger partial charge in [-0.3, -0.25) is 4.79 Å². The number of rotatable bonds is 6. The van der Waals surface area contributed by atoms with E-state index in [4.69, 9.17) is 26.8 Å². The molecule has 7 heteroatoms. The Bertz CT molecular complexity index is 765. The van der Waals surface area contributed by atoms with Crippen LogP contribution in [0.25, 0.3) is 0 Å². The van der Waals surface area contributed by atoms with Crippen molar-refractivity contribution >= 4 is 34.9 Å². The molecule has 0 spiro atoms. The first-order valence-electron chi connectivity index (χ1n) is 7.63. The second kappa shape index (κ2) is 8.39. The number of hydrogen-bond acceptors (Lipinski definition) is 5. The minimum atomic E-state index is -0.712. The highest BCUT2D eigenvalue weighted by atomic mass is 35.5. The van der Waals surface area contributed by atoms with E-state index in [1.807, 2.05) is 37.3 Å². The highest BCUT2D eigenvalue weighted by Crippen LogP contribution is 2.29. The Hall–Kier alpha value is -2.73. The number of likely N-dealkylation sites (N-methyl/N-ethyl adjacent to an activating group) is 1. The summed E-state index contributed by atoms with van der Waals surface area (Å²) in [6.45, 7) is 1.90. The Labute approximate surface area is 151 Å². The lowest BCUT2D eigenvalue weighted by atomic mass is 10.2. The average molecular weight is 363 g/mol. The summed E-state index contributed by atoms with van der Waals surface area (Å²) in [6.07, 6.45) is 0. The molecule has 2 N–H and O–H groups in total. The van der Waals surface area contributed by atoms with Gasteiger partial charge >= 0.3 is 5.97 Å². The molecule has 2 rings (SSSR count). The quantitative estimate of drug-likeness (QED) is 0.630. The van der Waals surface area contributed by atoms with E-state index in [1.54, 1.807) is 0 Å². The molecule has 0 aliphatic carbocycles. The molecule has 0 radical (unpaired) electrons. The second-order valence-corrected chi connectivity index (χ2v) is 5.53. The molecular weight excluding hydrogens is 344 g/mol. The van der Waals surface area contributed by atoms with E-state index in [-0.39, 0.29) is 27.9 Å². The van der Waals surface area contributed by atoms with Gasteiger partial charge in [-0.15, -0.1) is 0 Å². The minimum absolute atomic E-state index is 0.109. The number of nitrogens with two attached hydrogens (primary N) is 1. The predicted octanol–water partition coefficient (Wildman–Crippen LogP) is 3.14. The number of amides is 1. The van der Waals surface area contributed by atoms with Crippen LogP contribution in [0.15, 0.2) is 42.5 Å². The molecule has 0 bridgehead atoms. The van der Waals surface area contributed by atoms with Crippen LogP contribution in [0, 0.1) is 0 Å². The van der Waals surface area contributed by atoms with E-state index in [9.17, 15) is 9.59 Å². The second-order valence-electron chi connectivity index (χ2n) is 5.12. The summed E-state index contributed by atoms with van der Waals surface area (Å²) in [4.78, 5) is 26.2. The predicted molar refractivity (Wildman–Crippen MR) is 97.2 cm³/mol. The van der Waals surface area contributed by atoms with Crippen molar-refractivity contribution < 1.29 is 19.1 Å². The number of anilines is 2. The zero-order valence-corrected chi connectivity index (χ0v) is 14.7. The third kappa shape index (κ3) is 4.42. The van der Waals surface area contributed by atoms with Gasteiger partial charge < -0.3 is 20.1 Å². The number of methoxy groups -OCH3 is 1. The van der Waals surface area contributed by atoms with Gasteiger partial charge in [0.2, 0.25) is 0 Å². The molecule has 25 heavy (non-hydrogen) atoms. The van der Waals surface area contributed by atoms with Gasteiger partial charge in [-0.2, -0.15) is 0 Å². The van der Waals surface area contributed by atoms with Crippen LogP contribution in [0.5, 0.6) is 5.75 Å². The molecule has 6 nitrogen and oxygen atoms in total.